The molecule has 1 aliphatic heterocycles. The largest absolute Gasteiger partial charge is 0.497 e. The molecule has 1 amide bonds. The SMILES string of the molecule is COc1ccc(CN2CCCN(C(=O)c3ccc(Cl)cc3Cl)CC2)cc1. The quantitative estimate of drug-likeness (QED) is 0.774. The second kappa shape index (κ2) is 8.76. The maximum Gasteiger partial charge on any atom is 0.255 e. The van der Waals surface area contributed by atoms with Gasteiger partial charge in [-0.05, 0) is 42.3 Å². The minimum Gasteiger partial charge on any atom is -0.497 e. The van der Waals surface area contributed by atoms with E-state index in [-0.39, 0.29) is 5.91 Å². The predicted molar refractivity (Wildman–Crippen MR) is 105 cm³/mol. The van der Waals surface area contributed by atoms with Crippen LogP contribution < -0.4 is 4.74 Å². The van der Waals surface area contributed by atoms with Gasteiger partial charge in [0, 0.05) is 37.7 Å². The highest BCUT2D eigenvalue weighted by Gasteiger charge is 2.22. The third-order valence-corrected chi connectivity index (χ3v) is 5.15. The van der Waals surface area contributed by atoms with E-state index in [1.807, 2.05) is 17.0 Å². The highest BCUT2D eigenvalue weighted by Crippen LogP contribution is 2.23. The summed E-state index contributed by atoms with van der Waals surface area (Å²) >= 11 is 12.1. The summed E-state index contributed by atoms with van der Waals surface area (Å²) in [7, 11) is 1.67. The number of carbonyl (C=O) groups excluding carboxylic acids is 1. The van der Waals surface area contributed by atoms with E-state index in [9.17, 15) is 4.79 Å². The molecule has 1 saturated heterocycles. The summed E-state index contributed by atoms with van der Waals surface area (Å²) in [5, 5.41) is 0.940. The molecule has 0 saturated carbocycles. The van der Waals surface area contributed by atoms with Crippen LogP contribution in [0.25, 0.3) is 0 Å². The molecule has 1 aliphatic rings. The second-order valence-corrected chi connectivity index (χ2v) is 7.24. The molecule has 0 aromatic heterocycles. The zero-order chi connectivity index (χ0) is 18.5. The van der Waals surface area contributed by atoms with Gasteiger partial charge in [0.25, 0.3) is 5.91 Å². The number of nitrogens with zero attached hydrogens (tertiary/aromatic N) is 2. The number of benzene rings is 2. The summed E-state index contributed by atoms with van der Waals surface area (Å²) in [6.45, 7) is 4.09. The van der Waals surface area contributed by atoms with Crippen LogP contribution in [0.15, 0.2) is 42.5 Å². The van der Waals surface area contributed by atoms with E-state index in [1.165, 1.54) is 5.56 Å². The summed E-state index contributed by atoms with van der Waals surface area (Å²) < 4.78 is 5.20. The summed E-state index contributed by atoms with van der Waals surface area (Å²) in [5.74, 6) is 0.833. The van der Waals surface area contributed by atoms with Crippen molar-refractivity contribution in [2.75, 3.05) is 33.3 Å². The van der Waals surface area contributed by atoms with E-state index in [2.05, 4.69) is 17.0 Å². The van der Waals surface area contributed by atoms with Crippen LogP contribution >= 0.6 is 23.2 Å². The molecule has 2 aromatic carbocycles. The van der Waals surface area contributed by atoms with Crippen molar-refractivity contribution in [1.29, 1.82) is 0 Å². The highest BCUT2D eigenvalue weighted by molar-refractivity contribution is 6.36. The normalized spacial score (nSPS) is 15.6. The summed E-state index contributed by atoms with van der Waals surface area (Å²) in [6, 6.07) is 13.1. The molecular formula is C20H22Cl2N2O2. The molecule has 0 aliphatic carbocycles. The van der Waals surface area contributed by atoms with Gasteiger partial charge in [0.1, 0.15) is 5.75 Å². The number of amides is 1. The van der Waals surface area contributed by atoms with Gasteiger partial charge < -0.3 is 9.64 Å². The molecule has 6 heteroatoms. The Morgan fingerprint density at radius 1 is 1.04 bits per heavy atom. The van der Waals surface area contributed by atoms with Gasteiger partial charge in [-0.2, -0.15) is 0 Å². The fourth-order valence-corrected chi connectivity index (χ4v) is 3.64. The first-order valence-electron chi connectivity index (χ1n) is 8.66. The van der Waals surface area contributed by atoms with Crippen molar-refractivity contribution in [2.45, 2.75) is 13.0 Å². The van der Waals surface area contributed by atoms with Crippen molar-refractivity contribution in [3.63, 3.8) is 0 Å². The Labute approximate surface area is 164 Å². The van der Waals surface area contributed by atoms with Crippen molar-refractivity contribution in [3.05, 3.63) is 63.6 Å². The Morgan fingerprint density at radius 2 is 1.81 bits per heavy atom. The number of halogens is 2. The lowest BCUT2D eigenvalue weighted by Gasteiger charge is -2.22. The average Bonchev–Trinajstić information content (AvgIpc) is 2.87. The van der Waals surface area contributed by atoms with Crippen LogP contribution in [0, 0.1) is 0 Å². The Kier molecular flexibility index (Phi) is 6.41. The summed E-state index contributed by atoms with van der Waals surface area (Å²) in [4.78, 5) is 17.0. The van der Waals surface area contributed by atoms with E-state index in [0.29, 0.717) is 22.2 Å². The van der Waals surface area contributed by atoms with Crippen molar-refractivity contribution in [3.8, 4) is 5.75 Å². The van der Waals surface area contributed by atoms with Crippen LogP contribution in [-0.2, 0) is 6.54 Å². The molecule has 138 valence electrons. The predicted octanol–water partition coefficient (Wildman–Crippen LogP) is 4.35. The number of carbonyl (C=O) groups is 1. The summed E-state index contributed by atoms with van der Waals surface area (Å²) in [6.07, 6.45) is 0.938. The minimum atomic E-state index is -0.0297. The van der Waals surface area contributed by atoms with E-state index in [1.54, 1.807) is 25.3 Å². The molecule has 0 N–H and O–H groups in total. The molecule has 0 bridgehead atoms. The first kappa shape index (κ1) is 19.0. The summed E-state index contributed by atoms with van der Waals surface area (Å²) in [5.41, 5.74) is 1.76. The Hall–Kier alpha value is -1.75. The Balaban J connectivity index is 1.61. The van der Waals surface area contributed by atoms with Gasteiger partial charge in [-0.25, -0.2) is 0 Å². The van der Waals surface area contributed by atoms with E-state index in [4.69, 9.17) is 27.9 Å². The van der Waals surface area contributed by atoms with Crippen molar-refractivity contribution < 1.29 is 9.53 Å². The second-order valence-electron chi connectivity index (χ2n) is 6.39. The average molecular weight is 393 g/mol. The molecule has 4 nitrogen and oxygen atoms in total. The van der Waals surface area contributed by atoms with E-state index in [0.717, 1.165) is 38.3 Å². The standard InChI is InChI=1S/C20H22Cl2N2O2/c1-26-17-6-3-15(4-7-17)14-23-9-2-10-24(12-11-23)20(25)18-8-5-16(21)13-19(18)22/h3-8,13H,2,9-12,14H2,1H3. The maximum atomic E-state index is 12.8. The first-order chi connectivity index (χ1) is 12.6. The van der Waals surface area contributed by atoms with Crippen LogP contribution in [0.2, 0.25) is 10.0 Å². The van der Waals surface area contributed by atoms with Crippen molar-refractivity contribution in [2.24, 2.45) is 0 Å². The fourth-order valence-electron chi connectivity index (χ4n) is 3.15. The van der Waals surface area contributed by atoms with Gasteiger partial charge in [0.15, 0.2) is 0 Å². The van der Waals surface area contributed by atoms with Crippen molar-refractivity contribution >= 4 is 29.1 Å². The molecule has 26 heavy (non-hydrogen) atoms. The molecule has 0 atom stereocenters. The number of hydrogen-bond donors (Lipinski definition) is 0. The fraction of sp³-hybridized carbons (Fsp3) is 0.350. The molecule has 0 spiro atoms. The molecule has 3 rings (SSSR count). The molecule has 1 heterocycles. The number of rotatable bonds is 4. The topological polar surface area (TPSA) is 32.8 Å². The van der Waals surface area contributed by atoms with Gasteiger partial charge in [0.2, 0.25) is 0 Å². The van der Waals surface area contributed by atoms with Crippen LogP contribution in [0.3, 0.4) is 0 Å². The van der Waals surface area contributed by atoms with Crippen LogP contribution in [-0.4, -0.2) is 49.0 Å². The lowest BCUT2D eigenvalue weighted by molar-refractivity contribution is 0.0761. The molecule has 1 fully saturated rings. The number of methoxy groups -OCH3 is 1. The van der Waals surface area contributed by atoms with Gasteiger partial charge in [0.05, 0.1) is 17.7 Å². The van der Waals surface area contributed by atoms with Crippen LogP contribution in [0.4, 0.5) is 0 Å². The first-order valence-corrected chi connectivity index (χ1v) is 9.42. The lowest BCUT2D eigenvalue weighted by Crippen LogP contribution is -2.35. The lowest BCUT2D eigenvalue weighted by atomic mass is 10.2. The third-order valence-electron chi connectivity index (χ3n) is 4.60. The minimum absolute atomic E-state index is 0.0297. The smallest absolute Gasteiger partial charge is 0.255 e. The zero-order valence-corrected chi connectivity index (χ0v) is 16.3. The Bertz CT molecular complexity index is 765. The number of ether oxygens (including phenoxy) is 1. The van der Waals surface area contributed by atoms with E-state index >= 15 is 0 Å². The van der Waals surface area contributed by atoms with Gasteiger partial charge in [-0.15, -0.1) is 0 Å². The van der Waals surface area contributed by atoms with Crippen LogP contribution in [0.5, 0.6) is 5.75 Å². The van der Waals surface area contributed by atoms with Crippen molar-refractivity contribution in [1.82, 2.24) is 9.80 Å². The van der Waals surface area contributed by atoms with E-state index < -0.39 is 0 Å². The van der Waals surface area contributed by atoms with Gasteiger partial charge in [-0.3, -0.25) is 9.69 Å². The zero-order valence-electron chi connectivity index (χ0n) is 14.8. The van der Waals surface area contributed by atoms with Crippen LogP contribution in [0.1, 0.15) is 22.3 Å². The maximum absolute atomic E-state index is 12.8. The monoisotopic (exact) mass is 392 g/mol. The molecule has 0 radical (unpaired) electrons. The molecule has 0 unspecified atom stereocenters. The molecule has 2 aromatic rings. The van der Waals surface area contributed by atoms with Gasteiger partial charge >= 0.3 is 0 Å². The third kappa shape index (κ3) is 4.70. The number of hydrogen-bond acceptors (Lipinski definition) is 3. The highest BCUT2D eigenvalue weighted by atomic mass is 35.5. The van der Waals surface area contributed by atoms with Gasteiger partial charge in [-0.1, -0.05) is 35.3 Å². The Morgan fingerprint density at radius 3 is 2.50 bits per heavy atom. The molecular weight excluding hydrogens is 371 g/mol.